The van der Waals surface area contributed by atoms with Crippen LogP contribution in [0.3, 0.4) is 0 Å². The van der Waals surface area contributed by atoms with Gasteiger partial charge in [0.25, 0.3) is 5.91 Å². The Hall–Kier alpha value is -1.87. The highest BCUT2D eigenvalue weighted by Crippen LogP contribution is 2.20. The molecule has 1 amide bonds. The minimum Gasteiger partial charge on any atom is -0.360 e. The molecule has 0 atom stereocenters. The van der Waals surface area contributed by atoms with Crippen LogP contribution in [0.2, 0.25) is 0 Å². The Morgan fingerprint density at radius 1 is 1.71 bits per heavy atom. The third kappa shape index (κ3) is 2.63. The van der Waals surface area contributed by atoms with Crippen molar-refractivity contribution in [1.82, 2.24) is 25.3 Å². The van der Waals surface area contributed by atoms with Gasteiger partial charge in [-0.2, -0.15) is 0 Å². The summed E-state index contributed by atoms with van der Waals surface area (Å²) >= 11 is 1.43. The summed E-state index contributed by atoms with van der Waals surface area (Å²) in [5.74, 6) is 5.57. The Kier molecular flexibility index (Phi) is 3.40. The van der Waals surface area contributed by atoms with Gasteiger partial charge >= 0.3 is 0 Å². The quantitative estimate of drug-likeness (QED) is 0.333. The standard InChI is InChI=1S/C8H10N6O2S/c1-14-4-10-12-8(14)17-3-5-2-6(13-16-5)7(15)11-9/h2,4H,3,9H2,1H3,(H,11,15). The number of nitrogens with one attached hydrogen (secondary N) is 1. The predicted molar refractivity (Wildman–Crippen MR) is 58.7 cm³/mol. The van der Waals surface area contributed by atoms with Crippen LogP contribution in [-0.4, -0.2) is 25.8 Å². The van der Waals surface area contributed by atoms with E-state index >= 15 is 0 Å². The van der Waals surface area contributed by atoms with Crippen molar-refractivity contribution in [2.24, 2.45) is 12.9 Å². The first-order valence-electron chi connectivity index (χ1n) is 4.64. The number of nitrogen functional groups attached to an aromatic ring is 1. The van der Waals surface area contributed by atoms with Gasteiger partial charge in [-0.15, -0.1) is 10.2 Å². The number of rotatable bonds is 4. The second-order valence-corrected chi connectivity index (χ2v) is 4.11. The number of thioether (sulfide) groups is 1. The molecule has 0 saturated carbocycles. The molecule has 2 rings (SSSR count). The maximum absolute atomic E-state index is 11.1. The zero-order chi connectivity index (χ0) is 12.3. The maximum Gasteiger partial charge on any atom is 0.287 e. The van der Waals surface area contributed by atoms with Gasteiger partial charge in [0, 0.05) is 13.1 Å². The molecule has 0 radical (unpaired) electrons. The number of hydrogen-bond donors (Lipinski definition) is 2. The highest BCUT2D eigenvalue weighted by molar-refractivity contribution is 7.98. The topological polar surface area (TPSA) is 112 Å². The van der Waals surface area contributed by atoms with E-state index in [0.717, 1.165) is 5.16 Å². The Morgan fingerprint density at radius 2 is 2.53 bits per heavy atom. The van der Waals surface area contributed by atoms with E-state index in [4.69, 9.17) is 10.4 Å². The van der Waals surface area contributed by atoms with Crippen molar-refractivity contribution in [2.75, 3.05) is 0 Å². The van der Waals surface area contributed by atoms with Crippen LogP contribution in [0.15, 0.2) is 22.1 Å². The zero-order valence-corrected chi connectivity index (χ0v) is 9.77. The molecular formula is C8H10N6O2S. The molecule has 0 aliphatic rings. The van der Waals surface area contributed by atoms with Gasteiger partial charge in [0.1, 0.15) is 12.1 Å². The molecule has 0 spiro atoms. The molecule has 0 unspecified atom stereocenters. The number of nitrogens with zero attached hydrogens (tertiary/aromatic N) is 4. The fourth-order valence-electron chi connectivity index (χ4n) is 1.10. The number of aromatic nitrogens is 4. The van der Waals surface area contributed by atoms with Gasteiger partial charge in [-0.05, 0) is 0 Å². The highest BCUT2D eigenvalue weighted by Gasteiger charge is 2.12. The minimum absolute atomic E-state index is 0.154. The number of nitrogens with two attached hydrogens (primary N) is 1. The Balaban J connectivity index is 1.98. The van der Waals surface area contributed by atoms with Crippen LogP contribution in [0.5, 0.6) is 0 Å². The maximum atomic E-state index is 11.1. The summed E-state index contributed by atoms with van der Waals surface area (Å²) in [5.41, 5.74) is 2.13. The molecule has 17 heavy (non-hydrogen) atoms. The van der Waals surface area contributed by atoms with Crippen molar-refractivity contribution in [3.8, 4) is 0 Å². The van der Waals surface area contributed by atoms with E-state index < -0.39 is 5.91 Å². The monoisotopic (exact) mass is 254 g/mol. The van der Waals surface area contributed by atoms with Crippen LogP contribution in [0.4, 0.5) is 0 Å². The van der Waals surface area contributed by atoms with Crippen molar-refractivity contribution in [1.29, 1.82) is 0 Å². The number of hydrogen-bond acceptors (Lipinski definition) is 7. The molecule has 9 heteroatoms. The van der Waals surface area contributed by atoms with E-state index in [1.54, 1.807) is 10.9 Å². The van der Waals surface area contributed by atoms with Crippen molar-refractivity contribution < 1.29 is 9.32 Å². The Morgan fingerprint density at radius 3 is 3.18 bits per heavy atom. The lowest BCUT2D eigenvalue weighted by molar-refractivity contribution is 0.0944. The molecule has 0 fully saturated rings. The van der Waals surface area contributed by atoms with E-state index in [1.807, 2.05) is 12.5 Å². The molecule has 3 N–H and O–H groups in total. The number of amides is 1. The summed E-state index contributed by atoms with van der Waals surface area (Å²) < 4.78 is 6.77. The molecule has 2 aromatic rings. The number of aryl methyl sites for hydroxylation is 1. The number of carbonyl (C=O) groups is 1. The highest BCUT2D eigenvalue weighted by atomic mass is 32.2. The lowest BCUT2D eigenvalue weighted by Crippen LogP contribution is -2.30. The van der Waals surface area contributed by atoms with Crippen molar-refractivity contribution in [3.05, 3.63) is 23.8 Å². The fourth-order valence-corrected chi connectivity index (χ4v) is 1.86. The Bertz CT molecular complexity index is 522. The van der Waals surface area contributed by atoms with E-state index in [1.165, 1.54) is 17.8 Å². The second-order valence-electron chi connectivity index (χ2n) is 3.17. The molecule has 0 bridgehead atoms. The summed E-state index contributed by atoms with van der Waals surface area (Å²) in [6.45, 7) is 0. The van der Waals surface area contributed by atoms with Crippen LogP contribution < -0.4 is 11.3 Å². The summed E-state index contributed by atoms with van der Waals surface area (Å²) in [6.07, 6.45) is 1.61. The first kappa shape index (κ1) is 11.6. The average Bonchev–Trinajstić information content (AvgIpc) is 2.94. The van der Waals surface area contributed by atoms with Gasteiger partial charge in [-0.3, -0.25) is 10.2 Å². The zero-order valence-electron chi connectivity index (χ0n) is 8.95. The summed E-state index contributed by atoms with van der Waals surface area (Å²) in [5, 5.41) is 12.0. The van der Waals surface area contributed by atoms with Gasteiger partial charge in [0.2, 0.25) is 0 Å². The summed E-state index contributed by atoms with van der Waals surface area (Å²) in [6, 6.07) is 1.53. The van der Waals surface area contributed by atoms with Gasteiger partial charge in [0.15, 0.2) is 10.9 Å². The van der Waals surface area contributed by atoms with Crippen molar-refractivity contribution >= 4 is 17.7 Å². The third-order valence-electron chi connectivity index (χ3n) is 1.94. The minimum atomic E-state index is -0.483. The van der Waals surface area contributed by atoms with E-state index in [0.29, 0.717) is 11.5 Å². The van der Waals surface area contributed by atoms with E-state index in [9.17, 15) is 4.79 Å². The number of carbonyl (C=O) groups excluding carboxylic acids is 1. The molecule has 0 aliphatic carbocycles. The predicted octanol–water partition coefficient (Wildman–Crippen LogP) is -0.301. The van der Waals surface area contributed by atoms with Gasteiger partial charge in [-0.1, -0.05) is 16.9 Å². The van der Waals surface area contributed by atoms with Crippen LogP contribution in [0.25, 0.3) is 0 Å². The van der Waals surface area contributed by atoms with E-state index in [-0.39, 0.29) is 5.69 Å². The van der Waals surface area contributed by atoms with Gasteiger partial charge in [0.05, 0.1) is 5.75 Å². The molecule has 0 aliphatic heterocycles. The molecule has 8 nitrogen and oxygen atoms in total. The van der Waals surface area contributed by atoms with Crippen LogP contribution in [-0.2, 0) is 12.8 Å². The molecule has 90 valence electrons. The molecule has 0 aromatic carbocycles. The van der Waals surface area contributed by atoms with Crippen LogP contribution in [0, 0.1) is 0 Å². The first-order chi connectivity index (χ1) is 8.20. The SMILES string of the molecule is Cn1cnnc1SCc1cc(C(=O)NN)no1. The second kappa shape index (κ2) is 4.97. The lowest BCUT2D eigenvalue weighted by atomic mass is 10.4. The Labute approximate surface area is 101 Å². The molecule has 0 saturated heterocycles. The molecule has 2 aromatic heterocycles. The fraction of sp³-hybridized carbons (Fsp3) is 0.250. The largest absolute Gasteiger partial charge is 0.360 e. The number of hydrazine groups is 1. The normalized spacial score (nSPS) is 10.5. The van der Waals surface area contributed by atoms with E-state index in [2.05, 4.69) is 15.4 Å². The van der Waals surface area contributed by atoms with Crippen molar-refractivity contribution in [2.45, 2.75) is 10.9 Å². The van der Waals surface area contributed by atoms with Gasteiger partial charge < -0.3 is 9.09 Å². The van der Waals surface area contributed by atoms with Gasteiger partial charge in [-0.25, -0.2) is 5.84 Å². The molecular weight excluding hydrogens is 244 g/mol. The third-order valence-corrected chi connectivity index (χ3v) is 2.99. The smallest absolute Gasteiger partial charge is 0.287 e. The van der Waals surface area contributed by atoms with Crippen molar-refractivity contribution in [3.63, 3.8) is 0 Å². The summed E-state index contributed by atoms with van der Waals surface area (Å²) in [4.78, 5) is 11.1. The lowest BCUT2D eigenvalue weighted by Gasteiger charge is -1.96. The molecule has 2 heterocycles. The first-order valence-corrected chi connectivity index (χ1v) is 5.62. The van der Waals surface area contributed by atoms with Crippen LogP contribution >= 0.6 is 11.8 Å². The summed E-state index contributed by atoms with van der Waals surface area (Å²) in [7, 11) is 1.84. The van der Waals surface area contributed by atoms with Crippen LogP contribution in [0.1, 0.15) is 16.2 Å². The average molecular weight is 254 g/mol.